The molecule has 3 fully saturated rings. The number of methoxy groups -OCH3 is 2. The van der Waals surface area contributed by atoms with E-state index in [2.05, 4.69) is 16.0 Å². The maximum atomic E-state index is 13.2. The lowest BCUT2D eigenvalue weighted by Crippen LogP contribution is -2.36. The van der Waals surface area contributed by atoms with Crippen molar-refractivity contribution >= 4 is 35.3 Å². The van der Waals surface area contributed by atoms with E-state index >= 15 is 0 Å². The Labute approximate surface area is 204 Å². The number of piperidine rings is 1. The Hall–Kier alpha value is -2.62. The van der Waals surface area contributed by atoms with Gasteiger partial charge in [0.25, 0.3) is 5.91 Å². The van der Waals surface area contributed by atoms with Gasteiger partial charge in [-0.1, -0.05) is 6.42 Å². The molecule has 34 heavy (non-hydrogen) atoms. The highest BCUT2D eigenvalue weighted by Gasteiger charge is 2.42. The highest BCUT2D eigenvalue weighted by molar-refractivity contribution is 8.00. The van der Waals surface area contributed by atoms with Crippen molar-refractivity contribution in [2.75, 3.05) is 38.4 Å². The van der Waals surface area contributed by atoms with Crippen LogP contribution in [0.5, 0.6) is 11.5 Å². The van der Waals surface area contributed by atoms with Crippen LogP contribution in [0.25, 0.3) is 0 Å². The van der Waals surface area contributed by atoms with Crippen molar-refractivity contribution in [3.8, 4) is 11.5 Å². The molecule has 4 rings (SSSR count). The van der Waals surface area contributed by atoms with E-state index in [0.29, 0.717) is 34.4 Å². The molecule has 0 radical (unpaired) electrons. The van der Waals surface area contributed by atoms with Crippen LogP contribution >= 0.6 is 11.8 Å². The van der Waals surface area contributed by atoms with Gasteiger partial charge in [-0.2, -0.15) is 11.8 Å². The molecule has 0 spiro atoms. The number of thioether (sulfide) groups is 1. The number of nitrogens with zero attached hydrogens (tertiary/aromatic N) is 1. The second-order valence-corrected chi connectivity index (χ2v) is 10.3. The van der Waals surface area contributed by atoms with E-state index in [-0.39, 0.29) is 29.9 Å². The molecule has 3 N–H and O–H groups in total. The SMILES string of the molecule is COc1cc(NC(=O)CCCC[C@@H]2SC[C@@H]3NC(=O)N[C@@H]32)c(C(=O)N2CCCCC2)cc1OC. The molecule has 3 atom stereocenters. The van der Waals surface area contributed by atoms with E-state index in [4.69, 9.17) is 9.47 Å². The minimum atomic E-state index is -0.132. The fourth-order valence-corrected chi connectivity index (χ4v) is 6.46. The van der Waals surface area contributed by atoms with Gasteiger partial charge < -0.3 is 30.3 Å². The normalized spacial score (nSPS) is 23.6. The number of hydrogen-bond acceptors (Lipinski definition) is 6. The van der Waals surface area contributed by atoms with Gasteiger partial charge in [-0.25, -0.2) is 4.79 Å². The zero-order valence-corrected chi connectivity index (χ0v) is 20.7. The first-order valence-corrected chi connectivity index (χ1v) is 13.1. The number of urea groups is 1. The molecule has 3 heterocycles. The molecular weight excluding hydrogens is 456 g/mol. The topological polar surface area (TPSA) is 109 Å². The smallest absolute Gasteiger partial charge is 0.315 e. The summed E-state index contributed by atoms with van der Waals surface area (Å²) < 4.78 is 10.8. The number of amides is 4. The molecule has 0 saturated carbocycles. The summed E-state index contributed by atoms with van der Waals surface area (Å²) in [6.45, 7) is 1.44. The molecule has 0 bridgehead atoms. The maximum Gasteiger partial charge on any atom is 0.315 e. The monoisotopic (exact) mass is 490 g/mol. The second kappa shape index (κ2) is 11.2. The molecule has 186 valence electrons. The average molecular weight is 491 g/mol. The highest BCUT2D eigenvalue weighted by atomic mass is 32.2. The van der Waals surface area contributed by atoms with Gasteiger partial charge in [0.05, 0.1) is 37.6 Å². The molecule has 10 heteroatoms. The number of likely N-dealkylation sites (tertiary alicyclic amines) is 1. The van der Waals surface area contributed by atoms with Crippen LogP contribution in [-0.2, 0) is 4.79 Å². The van der Waals surface area contributed by atoms with Crippen molar-refractivity contribution in [1.82, 2.24) is 15.5 Å². The van der Waals surface area contributed by atoms with E-state index in [1.54, 1.807) is 12.1 Å². The van der Waals surface area contributed by atoms with Gasteiger partial charge in [0.1, 0.15) is 0 Å². The lowest BCUT2D eigenvalue weighted by atomic mass is 10.0. The van der Waals surface area contributed by atoms with E-state index in [9.17, 15) is 14.4 Å². The van der Waals surface area contributed by atoms with Gasteiger partial charge in [-0.05, 0) is 38.2 Å². The molecule has 4 amide bonds. The summed E-state index contributed by atoms with van der Waals surface area (Å²) in [5.74, 6) is 1.63. The number of nitrogens with one attached hydrogen (secondary N) is 3. The number of carbonyl (C=O) groups excluding carboxylic acids is 3. The fourth-order valence-electron chi connectivity index (χ4n) is 4.91. The van der Waals surface area contributed by atoms with Crippen molar-refractivity contribution in [2.45, 2.75) is 62.3 Å². The maximum absolute atomic E-state index is 13.2. The summed E-state index contributed by atoms with van der Waals surface area (Å²) in [6.07, 6.45) is 6.06. The van der Waals surface area contributed by atoms with Crippen LogP contribution < -0.4 is 25.4 Å². The van der Waals surface area contributed by atoms with Gasteiger partial charge in [-0.3, -0.25) is 9.59 Å². The predicted molar refractivity (Wildman–Crippen MR) is 132 cm³/mol. The largest absolute Gasteiger partial charge is 0.493 e. The number of benzene rings is 1. The van der Waals surface area contributed by atoms with Gasteiger partial charge in [0.15, 0.2) is 11.5 Å². The summed E-state index contributed by atoms with van der Waals surface area (Å²) in [4.78, 5) is 39.4. The summed E-state index contributed by atoms with van der Waals surface area (Å²) >= 11 is 1.88. The molecule has 0 aliphatic carbocycles. The van der Waals surface area contributed by atoms with Gasteiger partial charge in [0.2, 0.25) is 5.91 Å². The van der Waals surface area contributed by atoms with E-state index in [1.807, 2.05) is 16.7 Å². The van der Waals surface area contributed by atoms with Crippen molar-refractivity contribution < 1.29 is 23.9 Å². The Bertz CT molecular complexity index is 921. The number of unbranched alkanes of at least 4 members (excludes halogenated alkanes) is 1. The van der Waals surface area contributed by atoms with Crippen LogP contribution in [0.4, 0.5) is 10.5 Å². The molecule has 3 saturated heterocycles. The molecule has 0 unspecified atom stereocenters. The highest BCUT2D eigenvalue weighted by Crippen LogP contribution is 2.35. The Morgan fingerprint density at radius 1 is 1.09 bits per heavy atom. The minimum Gasteiger partial charge on any atom is -0.493 e. The van der Waals surface area contributed by atoms with Crippen LogP contribution in [0.2, 0.25) is 0 Å². The van der Waals surface area contributed by atoms with Gasteiger partial charge in [-0.15, -0.1) is 0 Å². The van der Waals surface area contributed by atoms with Gasteiger partial charge in [0, 0.05) is 36.6 Å². The van der Waals surface area contributed by atoms with Gasteiger partial charge >= 0.3 is 6.03 Å². The third-order valence-electron chi connectivity index (χ3n) is 6.75. The first-order valence-electron chi connectivity index (χ1n) is 12.0. The Balaban J connectivity index is 1.35. The Kier molecular flexibility index (Phi) is 8.07. The van der Waals surface area contributed by atoms with E-state index < -0.39 is 0 Å². The fraction of sp³-hybridized carbons (Fsp3) is 0.625. The third kappa shape index (κ3) is 5.54. The van der Waals surface area contributed by atoms with Crippen molar-refractivity contribution in [3.63, 3.8) is 0 Å². The van der Waals surface area contributed by atoms with E-state index in [0.717, 1.165) is 57.4 Å². The Morgan fingerprint density at radius 2 is 1.82 bits per heavy atom. The number of hydrogen-bond donors (Lipinski definition) is 3. The lowest BCUT2D eigenvalue weighted by Gasteiger charge is -2.28. The quantitative estimate of drug-likeness (QED) is 0.363. The summed E-state index contributed by atoms with van der Waals surface area (Å²) in [7, 11) is 3.06. The van der Waals surface area contributed by atoms with Crippen molar-refractivity contribution in [1.29, 1.82) is 0 Å². The molecule has 1 aromatic rings. The number of ether oxygens (including phenoxy) is 2. The molecule has 0 aromatic heterocycles. The molecule has 1 aromatic carbocycles. The standard InChI is InChI=1S/C24H34N4O5S/c1-32-18-12-15(23(30)28-10-6-3-7-11-28)16(13-19(18)33-2)25-21(29)9-5-4-8-20-22-17(14-34-20)26-24(31)27-22/h12-13,17,20,22H,3-11,14H2,1-2H3,(H,25,29)(H2,26,27,31)/t17-,20-,22-/m0/s1. The average Bonchev–Trinajstić information content (AvgIpc) is 3.40. The number of anilines is 1. The van der Waals surface area contributed by atoms with Crippen LogP contribution in [-0.4, -0.2) is 73.1 Å². The minimum absolute atomic E-state index is 0.0792. The summed E-state index contributed by atoms with van der Waals surface area (Å²) in [5, 5.41) is 9.27. The van der Waals surface area contributed by atoms with Crippen LogP contribution in [0.3, 0.4) is 0 Å². The Morgan fingerprint density at radius 3 is 2.56 bits per heavy atom. The lowest BCUT2D eigenvalue weighted by molar-refractivity contribution is -0.116. The number of rotatable bonds is 9. The summed E-state index contributed by atoms with van der Waals surface area (Å²) in [5.41, 5.74) is 0.873. The van der Waals surface area contributed by atoms with Crippen molar-refractivity contribution in [2.24, 2.45) is 0 Å². The van der Waals surface area contributed by atoms with Crippen LogP contribution in [0, 0.1) is 0 Å². The number of fused-ring (bicyclic) bond motifs is 1. The first kappa shape index (κ1) is 24.5. The zero-order valence-electron chi connectivity index (χ0n) is 19.9. The molecule has 3 aliphatic rings. The summed E-state index contributed by atoms with van der Waals surface area (Å²) in [6, 6.07) is 3.64. The van der Waals surface area contributed by atoms with Crippen LogP contribution in [0.15, 0.2) is 12.1 Å². The molecule has 9 nitrogen and oxygen atoms in total. The zero-order chi connectivity index (χ0) is 24.1. The molecule has 3 aliphatic heterocycles. The van der Waals surface area contributed by atoms with Crippen LogP contribution in [0.1, 0.15) is 55.3 Å². The molecular formula is C24H34N4O5S. The third-order valence-corrected chi connectivity index (χ3v) is 8.26. The number of carbonyl (C=O) groups is 3. The van der Waals surface area contributed by atoms with Crippen molar-refractivity contribution in [3.05, 3.63) is 17.7 Å². The predicted octanol–water partition coefficient (Wildman–Crippen LogP) is 2.99. The second-order valence-electron chi connectivity index (χ2n) is 9.02. The van der Waals surface area contributed by atoms with E-state index in [1.165, 1.54) is 14.2 Å². The first-order chi connectivity index (χ1) is 16.5.